The molecule has 1 aromatic rings. The second-order valence-corrected chi connectivity index (χ2v) is 5.94. The molecule has 2 unspecified atom stereocenters. The highest BCUT2D eigenvalue weighted by molar-refractivity contribution is 6.39. The first kappa shape index (κ1) is 17.7. The minimum Gasteiger partial charge on any atom is -0.494 e. The molecule has 2 atom stereocenters. The number of anilines is 1. The number of benzene rings is 1. The Morgan fingerprint density at radius 3 is 2.58 bits per heavy atom. The van der Waals surface area contributed by atoms with Gasteiger partial charge in [0.15, 0.2) is 0 Å². The first-order valence-electron chi connectivity index (χ1n) is 7.86. The third-order valence-electron chi connectivity index (χ3n) is 4.28. The Balaban J connectivity index is 2.03. The van der Waals surface area contributed by atoms with Gasteiger partial charge in [-0.25, -0.2) is 0 Å². The van der Waals surface area contributed by atoms with E-state index in [-0.39, 0.29) is 23.2 Å². The van der Waals surface area contributed by atoms with Gasteiger partial charge < -0.3 is 15.4 Å². The van der Waals surface area contributed by atoms with Crippen LogP contribution in [0.15, 0.2) is 18.2 Å². The number of nitrogens with zero attached hydrogens (tertiary/aromatic N) is 1. The Morgan fingerprint density at radius 2 is 1.96 bits per heavy atom. The molecule has 0 saturated heterocycles. The van der Waals surface area contributed by atoms with Crippen molar-refractivity contribution in [2.75, 3.05) is 12.4 Å². The number of nitro groups is 1. The number of ether oxygens (including phenoxy) is 1. The number of hydrogen-bond donors (Lipinski definition) is 2. The number of hydrogen-bond acceptors (Lipinski definition) is 5. The Kier molecular flexibility index (Phi) is 5.73. The fourth-order valence-electron chi connectivity index (χ4n) is 2.84. The van der Waals surface area contributed by atoms with E-state index in [1.165, 1.54) is 25.3 Å². The second kappa shape index (κ2) is 7.76. The van der Waals surface area contributed by atoms with E-state index in [0.717, 1.165) is 25.7 Å². The van der Waals surface area contributed by atoms with E-state index in [4.69, 9.17) is 4.74 Å². The zero-order valence-electron chi connectivity index (χ0n) is 13.7. The quantitative estimate of drug-likeness (QED) is 0.498. The van der Waals surface area contributed by atoms with Gasteiger partial charge in [-0.15, -0.1) is 0 Å². The molecule has 1 saturated carbocycles. The van der Waals surface area contributed by atoms with Crippen LogP contribution < -0.4 is 15.4 Å². The molecule has 0 heterocycles. The van der Waals surface area contributed by atoms with Gasteiger partial charge in [-0.2, -0.15) is 0 Å². The number of carbonyl (C=O) groups is 2. The Bertz CT molecular complexity index is 647. The molecule has 24 heavy (non-hydrogen) atoms. The van der Waals surface area contributed by atoms with Crippen LogP contribution in [0.4, 0.5) is 11.4 Å². The van der Waals surface area contributed by atoms with Crippen LogP contribution in [-0.2, 0) is 9.59 Å². The van der Waals surface area contributed by atoms with Crippen molar-refractivity contribution < 1.29 is 19.2 Å². The standard InChI is InChI=1S/C16H21N3O5/c1-10-5-3-4-6-12(10)17-15(20)16(21)18-13-8-7-11(19(22)23)9-14(13)24-2/h7-10,12H,3-6H2,1-2H3,(H,17,20)(H,18,21). The SMILES string of the molecule is COc1cc([N+](=O)[O-])ccc1NC(=O)C(=O)NC1CCCCC1C. The lowest BCUT2D eigenvalue weighted by molar-refractivity contribution is -0.384. The average Bonchev–Trinajstić information content (AvgIpc) is 2.56. The van der Waals surface area contributed by atoms with E-state index in [2.05, 4.69) is 17.6 Å². The normalized spacial score (nSPS) is 20.1. The zero-order valence-corrected chi connectivity index (χ0v) is 13.7. The number of rotatable bonds is 4. The van der Waals surface area contributed by atoms with E-state index < -0.39 is 16.7 Å². The Labute approximate surface area is 139 Å². The molecule has 0 spiro atoms. The van der Waals surface area contributed by atoms with E-state index >= 15 is 0 Å². The van der Waals surface area contributed by atoms with Crippen LogP contribution in [0.5, 0.6) is 5.75 Å². The third kappa shape index (κ3) is 4.21. The highest BCUT2D eigenvalue weighted by Crippen LogP contribution is 2.29. The topological polar surface area (TPSA) is 111 Å². The molecule has 1 aliphatic carbocycles. The maximum atomic E-state index is 12.1. The van der Waals surface area contributed by atoms with Gasteiger partial charge in [0, 0.05) is 12.1 Å². The predicted octanol–water partition coefficient (Wildman–Crippen LogP) is 2.24. The largest absolute Gasteiger partial charge is 0.494 e. The lowest BCUT2D eigenvalue weighted by atomic mass is 9.86. The molecule has 2 amide bonds. The van der Waals surface area contributed by atoms with Crippen LogP contribution in [0.1, 0.15) is 32.6 Å². The molecule has 0 bridgehead atoms. The van der Waals surface area contributed by atoms with Crippen molar-refractivity contribution in [2.45, 2.75) is 38.6 Å². The van der Waals surface area contributed by atoms with Crippen LogP contribution in [0, 0.1) is 16.0 Å². The molecular formula is C16H21N3O5. The summed E-state index contributed by atoms with van der Waals surface area (Å²) in [6.45, 7) is 2.06. The summed E-state index contributed by atoms with van der Waals surface area (Å²) < 4.78 is 5.03. The van der Waals surface area contributed by atoms with Gasteiger partial charge in [0.2, 0.25) is 0 Å². The number of methoxy groups -OCH3 is 1. The second-order valence-electron chi connectivity index (χ2n) is 5.94. The lowest BCUT2D eigenvalue weighted by Crippen LogP contribution is -2.45. The van der Waals surface area contributed by atoms with Gasteiger partial charge in [-0.1, -0.05) is 19.8 Å². The van der Waals surface area contributed by atoms with Crippen LogP contribution in [-0.4, -0.2) is 29.9 Å². The molecule has 1 aromatic carbocycles. The molecule has 130 valence electrons. The molecule has 2 N–H and O–H groups in total. The van der Waals surface area contributed by atoms with Crippen molar-refractivity contribution in [2.24, 2.45) is 5.92 Å². The molecule has 8 heteroatoms. The molecule has 0 aromatic heterocycles. The fraction of sp³-hybridized carbons (Fsp3) is 0.500. The number of nitrogens with one attached hydrogen (secondary N) is 2. The summed E-state index contributed by atoms with van der Waals surface area (Å²) in [6, 6.07) is 3.76. The van der Waals surface area contributed by atoms with E-state index in [1.807, 2.05) is 0 Å². The molecule has 2 rings (SSSR count). The number of non-ortho nitro benzene ring substituents is 1. The van der Waals surface area contributed by atoms with E-state index in [0.29, 0.717) is 5.92 Å². The first-order valence-corrected chi connectivity index (χ1v) is 7.86. The minimum atomic E-state index is -0.820. The predicted molar refractivity (Wildman–Crippen MR) is 87.8 cm³/mol. The van der Waals surface area contributed by atoms with Crippen molar-refractivity contribution in [3.8, 4) is 5.75 Å². The number of carbonyl (C=O) groups excluding carboxylic acids is 2. The molecule has 0 radical (unpaired) electrons. The van der Waals surface area contributed by atoms with Crippen LogP contribution >= 0.6 is 0 Å². The molecule has 1 fully saturated rings. The fourth-order valence-corrected chi connectivity index (χ4v) is 2.84. The van der Waals surface area contributed by atoms with Crippen molar-refractivity contribution in [3.63, 3.8) is 0 Å². The summed E-state index contributed by atoms with van der Waals surface area (Å²) in [4.78, 5) is 34.3. The van der Waals surface area contributed by atoms with Gasteiger partial charge in [0.1, 0.15) is 5.75 Å². The van der Waals surface area contributed by atoms with Crippen molar-refractivity contribution in [1.29, 1.82) is 0 Å². The Hall–Kier alpha value is -2.64. The third-order valence-corrected chi connectivity index (χ3v) is 4.28. The maximum absolute atomic E-state index is 12.1. The van der Waals surface area contributed by atoms with Crippen LogP contribution in [0.25, 0.3) is 0 Å². The zero-order chi connectivity index (χ0) is 17.7. The maximum Gasteiger partial charge on any atom is 0.313 e. The Morgan fingerprint density at radius 1 is 1.25 bits per heavy atom. The first-order chi connectivity index (χ1) is 11.4. The number of amides is 2. The molecular weight excluding hydrogens is 314 g/mol. The van der Waals surface area contributed by atoms with Gasteiger partial charge in [-0.05, 0) is 24.8 Å². The summed E-state index contributed by atoms with van der Waals surface area (Å²) in [5, 5.41) is 16.0. The summed E-state index contributed by atoms with van der Waals surface area (Å²) in [6.07, 6.45) is 4.07. The van der Waals surface area contributed by atoms with Gasteiger partial charge in [-0.3, -0.25) is 19.7 Å². The van der Waals surface area contributed by atoms with Crippen LogP contribution in [0.3, 0.4) is 0 Å². The van der Waals surface area contributed by atoms with Gasteiger partial charge in [0.25, 0.3) is 5.69 Å². The van der Waals surface area contributed by atoms with E-state index in [9.17, 15) is 19.7 Å². The van der Waals surface area contributed by atoms with Crippen molar-refractivity contribution >= 4 is 23.2 Å². The molecule has 0 aliphatic heterocycles. The van der Waals surface area contributed by atoms with Crippen molar-refractivity contribution in [1.82, 2.24) is 5.32 Å². The van der Waals surface area contributed by atoms with Gasteiger partial charge in [0.05, 0.1) is 23.8 Å². The van der Waals surface area contributed by atoms with Gasteiger partial charge >= 0.3 is 11.8 Å². The monoisotopic (exact) mass is 335 g/mol. The highest BCUT2D eigenvalue weighted by atomic mass is 16.6. The molecule has 1 aliphatic rings. The number of nitro benzene ring substituents is 1. The summed E-state index contributed by atoms with van der Waals surface area (Å²) >= 11 is 0. The highest BCUT2D eigenvalue weighted by Gasteiger charge is 2.26. The smallest absolute Gasteiger partial charge is 0.313 e. The molecule has 8 nitrogen and oxygen atoms in total. The lowest BCUT2D eigenvalue weighted by Gasteiger charge is -2.29. The average molecular weight is 335 g/mol. The van der Waals surface area contributed by atoms with Crippen LogP contribution in [0.2, 0.25) is 0 Å². The van der Waals surface area contributed by atoms with Crippen molar-refractivity contribution in [3.05, 3.63) is 28.3 Å². The minimum absolute atomic E-state index is 0.00393. The van der Waals surface area contributed by atoms with E-state index in [1.54, 1.807) is 0 Å². The summed E-state index contributed by atoms with van der Waals surface area (Å²) in [7, 11) is 1.33. The summed E-state index contributed by atoms with van der Waals surface area (Å²) in [5.74, 6) is -1.07. The summed E-state index contributed by atoms with van der Waals surface area (Å²) in [5.41, 5.74) is 0.0465.